The minimum Gasteiger partial charge on any atom is -0.268 e. The lowest BCUT2D eigenvalue weighted by Gasteiger charge is -2.14. The van der Waals surface area contributed by atoms with E-state index in [1.165, 1.54) is 12.1 Å². The molecule has 20 heavy (non-hydrogen) atoms. The van der Waals surface area contributed by atoms with Crippen molar-refractivity contribution in [2.45, 2.75) is 6.92 Å². The summed E-state index contributed by atoms with van der Waals surface area (Å²) in [4.78, 5) is 25.9. The van der Waals surface area contributed by atoms with Crippen LogP contribution in [0.5, 0.6) is 0 Å². The van der Waals surface area contributed by atoms with Gasteiger partial charge in [0, 0.05) is 0 Å². The number of carbonyl (C=O) groups is 2. The smallest absolute Gasteiger partial charge is 0.266 e. The van der Waals surface area contributed by atoms with Crippen molar-refractivity contribution in [3.63, 3.8) is 0 Å². The average Bonchev–Trinajstić information content (AvgIpc) is 2.63. The number of fused-ring (bicyclic) bond motifs is 1. The summed E-state index contributed by atoms with van der Waals surface area (Å²) in [7, 11) is 0. The zero-order valence-electron chi connectivity index (χ0n) is 10.5. The fourth-order valence-corrected chi connectivity index (χ4v) is 2.56. The second-order valence-electron chi connectivity index (χ2n) is 4.60. The Labute approximate surface area is 125 Å². The van der Waals surface area contributed by atoms with Crippen LogP contribution in [0.3, 0.4) is 0 Å². The molecule has 3 rings (SSSR count). The summed E-state index contributed by atoms with van der Waals surface area (Å²) in [5.74, 6) is -0.761. The van der Waals surface area contributed by atoms with Crippen molar-refractivity contribution in [3.8, 4) is 0 Å². The van der Waals surface area contributed by atoms with Crippen LogP contribution in [-0.2, 0) is 0 Å². The van der Waals surface area contributed by atoms with Crippen molar-refractivity contribution >= 4 is 40.7 Å². The summed E-state index contributed by atoms with van der Waals surface area (Å²) in [6, 6.07) is 10.1. The van der Waals surface area contributed by atoms with Crippen LogP contribution in [0.1, 0.15) is 26.3 Å². The first kappa shape index (κ1) is 13.2. The lowest BCUT2D eigenvalue weighted by atomic mass is 10.1. The quantitative estimate of drug-likeness (QED) is 0.744. The third kappa shape index (κ3) is 1.90. The Kier molecular flexibility index (Phi) is 3.04. The summed E-state index contributed by atoms with van der Waals surface area (Å²) >= 11 is 11.8. The molecule has 0 radical (unpaired) electrons. The van der Waals surface area contributed by atoms with Crippen molar-refractivity contribution in [1.29, 1.82) is 0 Å². The predicted octanol–water partition coefficient (Wildman–Crippen LogP) is 4.10. The lowest BCUT2D eigenvalue weighted by Crippen LogP contribution is -2.29. The molecular formula is C15H9Cl2NO2. The van der Waals surface area contributed by atoms with Gasteiger partial charge in [-0.05, 0) is 36.8 Å². The van der Waals surface area contributed by atoms with E-state index >= 15 is 0 Å². The van der Waals surface area contributed by atoms with E-state index in [0.29, 0.717) is 5.69 Å². The van der Waals surface area contributed by atoms with Gasteiger partial charge >= 0.3 is 0 Å². The van der Waals surface area contributed by atoms with Gasteiger partial charge in [-0.3, -0.25) is 9.59 Å². The van der Waals surface area contributed by atoms with Crippen LogP contribution in [0.25, 0.3) is 0 Å². The maximum absolute atomic E-state index is 12.4. The molecule has 0 N–H and O–H groups in total. The molecule has 2 aromatic carbocycles. The molecule has 0 spiro atoms. The van der Waals surface area contributed by atoms with Crippen LogP contribution >= 0.6 is 23.2 Å². The molecule has 0 atom stereocenters. The van der Waals surface area contributed by atoms with Crippen molar-refractivity contribution in [2.24, 2.45) is 0 Å². The number of benzene rings is 2. The number of anilines is 1. The van der Waals surface area contributed by atoms with E-state index in [0.717, 1.165) is 10.5 Å². The molecule has 2 amide bonds. The Morgan fingerprint density at radius 2 is 1.45 bits per heavy atom. The fourth-order valence-electron chi connectivity index (χ4n) is 2.24. The van der Waals surface area contributed by atoms with Gasteiger partial charge < -0.3 is 0 Å². The molecule has 0 fully saturated rings. The highest BCUT2D eigenvalue weighted by molar-refractivity contribution is 6.44. The predicted molar refractivity (Wildman–Crippen MR) is 78.8 cm³/mol. The number of carbonyl (C=O) groups excluding carboxylic acids is 2. The normalized spacial score (nSPS) is 13.8. The SMILES string of the molecule is Cc1cccc(N2C(=O)c3cc(Cl)c(Cl)cc3C2=O)c1. The van der Waals surface area contributed by atoms with E-state index in [1.54, 1.807) is 18.2 Å². The van der Waals surface area contributed by atoms with Crippen LogP contribution in [0.4, 0.5) is 5.69 Å². The number of hydrogen-bond donors (Lipinski definition) is 0. The van der Waals surface area contributed by atoms with Gasteiger partial charge in [-0.1, -0.05) is 35.3 Å². The summed E-state index contributed by atoms with van der Waals surface area (Å²) in [5.41, 5.74) is 2.08. The van der Waals surface area contributed by atoms with E-state index in [4.69, 9.17) is 23.2 Å². The average molecular weight is 306 g/mol. The first-order chi connectivity index (χ1) is 9.49. The number of amides is 2. The summed E-state index contributed by atoms with van der Waals surface area (Å²) < 4.78 is 0. The Morgan fingerprint density at radius 3 is 1.95 bits per heavy atom. The topological polar surface area (TPSA) is 37.4 Å². The highest BCUT2D eigenvalue weighted by Gasteiger charge is 2.37. The van der Waals surface area contributed by atoms with Gasteiger partial charge in [-0.2, -0.15) is 0 Å². The molecule has 3 nitrogen and oxygen atoms in total. The molecule has 100 valence electrons. The monoisotopic (exact) mass is 305 g/mol. The molecule has 0 aliphatic carbocycles. The lowest BCUT2D eigenvalue weighted by molar-refractivity contribution is 0.0926. The second kappa shape index (κ2) is 4.62. The van der Waals surface area contributed by atoms with Gasteiger partial charge in [0.25, 0.3) is 11.8 Å². The van der Waals surface area contributed by atoms with Crippen LogP contribution in [0.2, 0.25) is 10.0 Å². The van der Waals surface area contributed by atoms with Crippen LogP contribution in [0.15, 0.2) is 36.4 Å². The zero-order chi connectivity index (χ0) is 14.4. The van der Waals surface area contributed by atoms with E-state index in [9.17, 15) is 9.59 Å². The maximum Gasteiger partial charge on any atom is 0.266 e. The third-order valence-electron chi connectivity index (χ3n) is 3.19. The molecule has 1 heterocycles. The van der Waals surface area contributed by atoms with Crippen molar-refractivity contribution in [1.82, 2.24) is 0 Å². The van der Waals surface area contributed by atoms with Crippen LogP contribution in [-0.4, -0.2) is 11.8 Å². The molecular weight excluding hydrogens is 297 g/mol. The van der Waals surface area contributed by atoms with E-state index in [-0.39, 0.29) is 33.0 Å². The molecule has 0 aromatic heterocycles. The van der Waals surface area contributed by atoms with E-state index in [2.05, 4.69) is 0 Å². The van der Waals surface area contributed by atoms with Crippen molar-refractivity contribution in [3.05, 3.63) is 63.1 Å². The first-order valence-corrected chi connectivity index (χ1v) is 6.69. The summed E-state index contributed by atoms with van der Waals surface area (Å²) in [6.45, 7) is 1.90. The second-order valence-corrected chi connectivity index (χ2v) is 5.41. The molecule has 0 saturated heterocycles. The minimum atomic E-state index is -0.380. The zero-order valence-corrected chi connectivity index (χ0v) is 12.0. The molecule has 0 unspecified atom stereocenters. The number of imide groups is 1. The van der Waals surface area contributed by atoms with Gasteiger partial charge in [-0.25, -0.2) is 4.90 Å². The highest BCUT2D eigenvalue weighted by atomic mass is 35.5. The Hall–Kier alpha value is -1.84. The number of aryl methyl sites for hydroxylation is 1. The molecule has 2 aromatic rings. The summed E-state index contributed by atoms with van der Waals surface area (Å²) in [6.07, 6.45) is 0. The van der Waals surface area contributed by atoms with Gasteiger partial charge in [0.05, 0.1) is 26.9 Å². The number of hydrogen-bond acceptors (Lipinski definition) is 2. The standard InChI is InChI=1S/C15H9Cl2NO2/c1-8-3-2-4-9(5-8)18-14(19)10-6-12(16)13(17)7-11(10)15(18)20/h2-7H,1H3. The Bertz CT molecular complexity index is 715. The number of nitrogens with zero attached hydrogens (tertiary/aromatic N) is 1. The molecule has 0 bridgehead atoms. The van der Waals surface area contributed by atoms with Gasteiger partial charge in [-0.15, -0.1) is 0 Å². The van der Waals surface area contributed by atoms with Crippen LogP contribution in [0, 0.1) is 6.92 Å². The van der Waals surface area contributed by atoms with Gasteiger partial charge in [0.1, 0.15) is 0 Å². The summed E-state index contributed by atoms with van der Waals surface area (Å²) in [5, 5.41) is 0.523. The molecule has 1 aliphatic rings. The highest BCUT2D eigenvalue weighted by Crippen LogP contribution is 2.34. The third-order valence-corrected chi connectivity index (χ3v) is 3.91. The van der Waals surface area contributed by atoms with E-state index in [1.807, 2.05) is 13.0 Å². The Balaban J connectivity index is 2.14. The largest absolute Gasteiger partial charge is 0.268 e. The van der Waals surface area contributed by atoms with Crippen molar-refractivity contribution in [2.75, 3.05) is 4.90 Å². The van der Waals surface area contributed by atoms with Crippen LogP contribution < -0.4 is 4.90 Å². The van der Waals surface area contributed by atoms with E-state index < -0.39 is 0 Å². The fraction of sp³-hybridized carbons (Fsp3) is 0.0667. The van der Waals surface area contributed by atoms with Crippen molar-refractivity contribution < 1.29 is 9.59 Å². The van der Waals surface area contributed by atoms with Gasteiger partial charge in [0.2, 0.25) is 0 Å². The molecule has 5 heteroatoms. The first-order valence-electron chi connectivity index (χ1n) is 5.93. The van der Waals surface area contributed by atoms with Gasteiger partial charge in [0.15, 0.2) is 0 Å². The number of rotatable bonds is 1. The minimum absolute atomic E-state index is 0.262. The Morgan fingerprint density at radius 1 is 0.900 bits per heavy atom. The maximum atomic E-state index is 12.4. The molecule has 1 aliphatic heterocycles. The molecule has 0 saturated carbocycles. The number of halogens is 2.